The van der Waals surface area contributed by atoms with Gasteiger partial charge < -0.3 is 15.5 Å². The Morgan fingerprint density at radius 3 is 2.43 bits per heavy atom. The molecule has 1 aromatic carbocycles. The summed E-state index contributed by atoms with van der Waals surface area (Å²) in [5.41, 5.74) is 7.36. The van der Waals surface area contributed by atoms with Crippen molar-refractivity contribution in [3.63, 3.8) is 0 Å². The number of amides is 1. The maximum Gasteiger partial charge on any atom is 0.274 e. The smallest absolute Gasteiger partial charge is 0.274 e. The first-order valence-electron chi connectivity index (χ1n) is 6.74. The molecule has 6 nitrogen and oxygen atoms in total. The van der Waals surface area contributed by atoms with E-state index in [4.69, 9.17) is 5.73 Å². The van der Waals surface area contributed by atoms with Gasteiger partial charge in [-0.15, -0.1) is 0 Å². The lowest BCUT2D eigenvalue weighted by atomic mass is 10.2. The van der Waals surface area contributed by atoms with E-state index in [9.17, 15) is 9.18 Å². The Hall–Kier alpha value is -2.57. The fraction of sp³-hybridized carbons (Fsp3) is 0.286. The molecule has 0 atom stereocenters. The number of aromatic amines is 1. The van der Waals surface area contributed by atoms with Crippen molar-refractivity contribution in [3.8, 4) is 0 Å². The Kier molecular flexibility index (Phi) is 3.47. The van der Waals surface area contributed by atoms with E-state index in [0.29, 0.717) is 37.6 Å². The van der Waals surface area contributed by atoms with E-state index >= 15 is 0 Å². The number of nitrogens with one attached hydrogen (secondary N) is 1. The van der Waals surface area contributed by atoms with Crippen LogP contribution >= 0.6 is 0 Å². The van der Waals surface area contributed by atoms with Crippen LogP contribution in [0.1, 0.15) is 10.5 Å². The molecule has 21 heavy (non-hydrogen) atoms. The first kappa shape index (κ1) is 13.4. The van der Waals surface area contributed by atoms with Gasteiger partial charge in [0.1, 0.15) is 11.5 Å². The fourth-order valence-corrected chi connectivity index (χ4v) is 2.44. The Morgan fingerprint density at radius 2 is 1.86 bits per heavy atom. The van der Waals surface area contributed by atoms with Crippen LogP contribution in [0.2, 0.25) is 0 Å². The van der Waals surface area contributed by atoms with Crippen molar-refractivity contribution in [1.82, 2.24) is 15.1 Å². The summed E-state index contributed by atoms with van der Waals surface area (Å²) in [5, 5.41) is 6.40. The predicted molar refractivity (Wildman–Crippen MR) is 77.5 cm³/mol. The average Bonchev–Trinajstić information content (AvgIpc) is 2.94. The van der Waals surface area contributed by atoms with Crippen LogP contribution in [-0.2, 0) is 0 Å². The number of halogens is 1. The van der Waals surface area contributed by atoms with Gasteiger partial charge in [0.2, 0.25) is 0 Å². The largest absolute Gasteiger partial charge is 0.396 e. The molecule has 2 heterocycles. The highest BCUT2D eigenvalue weighted by Gasteiger charge is 2.24. The number of nitrogens with two attached hydrogens (primary N) is 1. The van der Waals surface area contributed by atoms with Gasteiger partial charge in [-0.3, -0.25) is 9.89 Å². The lowest BCUT2D eigenvalue weighted by Gasteiger charge is -2.36. The first-order valence-corrected chi connectivity index (χ1v) is 6.74. The second-order valence-electron chi connectivity index (χ2n) is 4.96. The molecule has 7 heteroatoms. The third-order valence-electron chi connectivity index (χ3n) is 3.64. The molecule has 0 bridgehead atoms. The summed E-state index contributed by atoms with van der Waals surface area (Å²) in [6.07, 6.45) is 1.43. The number of anilines is 2. The second-order valence-corrected chi connectivity index (χ2v) is 4.96. The maximum absolute atomic E-state index is 12.9. The van der Waals surface area contributed by atoms with Crippen LogP contribution in [-0.4, -0.2) is 47.2 Å². The molecule has 1 amide bonds. The zero-order chi connectivity index (χ0) is 14.8. The Morgan fingerprint density at radius 1 is 1.19 bits per heavy atom. The minimum Gasteiger partial charge on any atom is -0.396 e. The van der Waals surface area contributed by atoms with E-state index in [1.165, 1.54) is 18.3 Å². The number of piperazine rings is 1. The van der Waals surface area contributed by atoms with Crippen LogP contribution in [0.15, 0.2) is 30.5 Å². The molecule has 3 rings (SSSR count). The third-order valence-corrected chi connectivity index (χ3v) is 3.64. The lowest BCUT2D eigenvalue weighted by Crippen LogP contribution is -2.49. The SMILES string of the molecule is Nc1cn[nH]c1C(=O)N1CCN(c2ccc(F)cc2)CC1. The molecule has 0 saturated carbocycles. The number of carbonyl (C=O) groups is 1. The van der Waals surface area contributed by atoms with Crippen LogP contribution in [0.25, 0.3) is 0 Å². The molecule has 1 aromatic heterocycles. The zero-order valence-corrected chi connectivity index (χ0v) is 11.4. The van der Waals surface area contributed by atoms with Crippen molar-refractivity contribution in [3.05, 3.63) is 42.0 Å². The summed E-state index contributed by atoms with van der Waals surface area (Å²) in [6.45, 7) is 2.58. The quantitative estimate of drug-likeness (QED) is 0.867. The summed E-state index contributed by atoms with van der Waals surface area (Å²) in [6, 6.07) is 6.38. The van der Waals surface area contributed by atoms with Gasteiger partial charge in [-0.1, -0.05) is 0 Å². The van der Waals surface area contributed by atoms with Gasteiger partial charge in [0.25, 0.3) is 5.91 Å². The average molecular weight is 289 g/mol. The number of aromatic nitrogens is 2. The molecular formula is C14H16FN5O. The van der Waals surface area contributed by atoms with E-state index in [2.05, 4.69) is 15.1 Å². The minimum absolute atomic E-state index is 0.135. The van der Waals surface area contributed by atoms with Crippen LogP contribution in [0.5, 0.6) is 0 Å². The Bertz CT molecular complexity index is 631. The number of rotatable bonds is 2. The molecular weight excluding hydrogens is 273 g/mol. The molecule has 110 valence electrons. The number of hydrogen-bond acceptors (Lipinski definition) is 4. The molecule has 0 spiro atoms. The number of hydrogen-bond donors (Lipinski definition) is 2. The highest BCUT2D eigenvalue weighted by atomic mass is 19.1. The molecule has 0 unspecified atom stereocenters. The Labute approximate surface area is 121 Å². The second kappa shape index (κ2) is 5.43. The molecule has 1 aliphatic rings. The third kappa shape index (κ3) is 2.67. The number of H-pyrrole nitrogens is 1. The van der Waals surface area contributed by atoms with Crippen molar-refractivity contribution in [1.29, 1.82) is 0 Å². The van der Waals surface area contributed by atoms with E-state index in [1.54, 1.807) is 17.0 Å². The normalized spacial score (nSPS) is 15.3. The van der Waals surface area contributed by atoms with Crippen LogP contribution in [0.4, 0.5) is 15.8 Å². The molecule has 1 fully saturated rings. The number of nitrogens with zero attached hydrogens (tertiary/aromatic N) is 3. The van der Waals surface area contributed by atoms with Gasteiger partial charge in [0.15, 0.2) is 0 Å². The topological polar surface area (TPSA) is 78.2 Å². The molecule has 0 radical (unpaired) electrons. The van der Waals surface area contributed by atoms with E-state index in [-0.39, 0.29) is 11.7 Å². The number of nitrogen functional groups attached to an aromatic ring is 1. The van der Waals surface area contributed by atoms with E-state index < -0.39 is 0 Å². The minimum atomic E-state index is -0.248. The number of carbonyl (C=O) groups excluding carboxylic acids is 1. The van der Waals surface area contributed by atoms with Gasteiger partial charge in [-0.25, -0.2) is 4.39 Å². The Balaban J connectivity index is 1.64. The van der Waals surface area contributed by atoms with E-state index in [1.807, 2.05) is 0 Å². The summed E-state index contributed by atoms with van der Waals surface area (Å²) >= 11 is 0. The standard InChI is InChI=1S/C14H16FN5O/c15-10-1-3-11(4-2-10)19-5-7-20(8-6-19)14(21)13-12(16)9-17-18-13/h1-4,9H,5-8,16H2,(H,17,18). The van der Waals surface area contributed by atoms with Gasteiger partial charge in [0, 0.05) is 31.9 Å². The highest BCUT2D eigenvalue weighted by Crippen LogP contribution is 2.18. The van der Waals surface area contributed by atoms with Crippen molar-refractivity contribution in [2.75, 3.05) is 36.8 Å². The van der Waals surface area contributed by atoms with Gasteiger partial charge >= 0.3 is 0 Å². The van der Waals surface area contributed by atoms with E-state index in [0.717, 1.165) is 5.69 Å². The highest BCUT2D eigenvalue weighted by molar-refractivity contribution is 5.97. The summed E-state index contributed by atoms with van der Waals surface area (Å²) in [7, 11) is 0. The molecule has 3 N–H and O–H groups in total. The number of benzene rings is 1. The zero-order valence-electron chi connectivity index (χ0n) is 11.4. The van der Waals surface area contributed by atoms with Crippen molar-refractivity contribution in [2.45, 2.75) is 0 Å². The van der Waals surface area contributed by atoms with Gasteiger partial charge in [-0.05, 0) is 24.3 Å². The van der Waals surface area contributed by atoms with Crippen molar-refractivity contribution < 1.29 is 9.18 Å². The van der Waals surface area contributed by atoms with Gasteiger partial charge in [-0.2, -0.15) is 5.10 Å². The summed E-state index contributed by atoms with van der Waals surface area (Å²) in [5.74, 6) is -0.383. The predicted octanol–water partition coefficient (Wildman–Crippen LogP) is 1.09. The molecule has 1 saturated heterocycles. The maximum atomic E-state index is 12.9. The monoisotopic (exact) mass is 289 g/mol. The summed E-state index contributed by atoms with van der Waals surface area (Å²) < 4.78 is 12.9. The summed E-state index contributed by atoms with van der Waals surface area (Å²) in [4.78, 5) is 16.1. The van der Waals surface area contributed by atoms with Crippen LogP contribution in [0.3, 0.4) is 0 Å². The molecule has 1 aliphatic heterocycles. The lowest BCUT2D eigenvalue weighted by molar-refractivity contribution is 0.0742. The molecule has 2 aromatic rings. The van der Waals surface area contributed by atoms with Crippen LogP contribution < -0.4 is 10.6 Å². The fourth-order valence-electron chi connectivity index (χ4n) is 2.44. The molecule has 0 aliphatic carbocycles. The first-order chi connectivity index (χ1) is 10.1. The van der Waals surface area contributed by atoms with Crippen molar-refractivity contribution >= 4 is 17.3 Å². The van der Waals surface area contributed by atoms with Crippen LogP contribution in [0, 0.1) is 5.82 Å². The van der Waals surface area contributed by atoms with Crippen molar-refractivity contribution in [2.24, 2.45) is 0 Å². The van der Waals surface area contributed by atoms with Gasteiger partial charge in [0.05, 0.1) is 11.9 Å².